The summed E-state index contributed by atoms with van der Waals surface area (Å²) in [7, 11) is 0. The van der Waals surface area contributed by atoms with Gasteiger partial charge in [-0.3, -0.25) is 9.59 Å². The molecule has 1 saturated carbocycles. The van der Waals surface area contributed by atoms with Crippen LogP contribution in [0.25, 0.3) is 0 Å². The summed E-state index contributed by atoms with van der Waals surface area (Å²) in [4.78, 5) is 38.9. The number of amides is 3. The van der Waals surface area contributed by atoms with E-state index in [1.807, 2.05) is 27.7 Å². The standard InChI is InChI=1S/C18H31N3O4/c1-5-13(20-17(24)25-18(3,4)6-2)16(23)21-11-7-8-14(21)15(22)19-12-9-10-12/h12-14H,5-11H2,1-4H3,(H,19,22)(H,20,24)/t13?,14-/m0/s1. The summed E-state index contributed by atoms with van der Waals surface area (Å²) in [6, 6.07) is -0.821. The Balaban J connectivity index is 1.95. The smallest absolute Gasteiger partial charge is 0.408 e. The monoisotopic (exact) mass is 353 g/mol. The zero-order chi connectivity index (χ0) is 18.6. The molecule has 0 radical (unpaired) electrons. The fraction of sp³-hybridized carbons (Fsp3) is 0.833. The van der Waals surface area contributed by atoms with E-state index in [0.717, 1.165) is 19.3 Å². The first-order valence-electron chi connectivity index (χ1n) is 9.37. The van der Waals surface area contributed by atoms with Crippen LogP contribution in [-0.4, -0.2) is 53.1 Å². The van der Waals surface area contributed by atoms with Crippen molar-refractivity contribution in [3.05, 3.63) is 0 Å². The van der Waals surface area contributed by atoms with E-state index >= 15 is 0 Å². The molecule has 2 atom stereocenters. The molecule has 0 aromatic rings. The maximum atomic E-state index is 12.8. The SMILES string of the molecule is CCC(NC(=O)OC(C)(C)CC)C(=O)N1CCC[C@H]1C(=O)NC1CC1. The van der Waals surface area contributed by atoms with Gasteiger partial charge >= 0.3 is 6.09 Å². The highest BCUT2D eigenvalue weighted by Crippen LogP contribution is 2.23. The van der Waals surface area contributed by atoms with E-state index in [0.29, 0.717) is 25.8 Å². The molecule has 1 unspecified atom stereocenters. The molecule has 0 aromatic heterocycles. The molecule has 7 heteroatoms. The average molecular weight is 353 g/mol. The van der Waals surface area contributed by atoms with Crippen molar-refractivity contribution in [2.24, 2.45) is 0 Å². The van der Waals surface area contributed by atoms with Crippen LogP contribution in [0.4, 0.5) is 4.79 Å². The lowest BCUT2D eigenvalue weighted by Gasteiger charge is -2.29. The number of alkyl carbamates (subject to hydrolysis) is 1. The minimum Gasteiger partial charge on any atom is -0.444 e. The Bertz CT molecular complexity index is 516. The number of nitrogens with zero attached hydrogens (tertiary/aromatic N) is 1. The van der Waals surface area contributed by atoms with Gasteiger partial charge in [0.25, 0.3) is 0 Å². The molecule has 0 spiro atoms. The Kier molecular flexibility index (Phi) is 6.30. The van der Waals surface area contributed by atoms with Crippen LogP contribution in [0.15, 0.2) is 0 Å². The molecular formula is C18H31N3O4. The van der Waals surface area contributed by atoms with Crippen LogP contribution < -0.4 is 10.6 Å². The Hall–Kier alpha value is -1.79. The van der Waals surface area contributed by atoms with Gasteiger partial charge in [0.15, 0.2) is 0 Å². The van der Waals surface area contributed by atoms with E-state index in [9.17, 15) is 14.4 Å². The van der Waals surface area contributed by atoms with Gasteiger partial charge in [-0.15, -0.1) is 0 Å². The largest absolute Gasteiger partial charge is 0.444 e. The number of nitrogens with one attached hydrogen (secondary N) is 2. The number of hydrogen-bond acceptors (Lipinski definition) is 4. The highest BCUT2D eigenvalue weighted by molar-refractivity contribution is 5.92. The zero-order valence-electron chi connectivity index (χ0n) is 15.8. The van der Waals surface area contributed by atoms with Crippen LogP contribution in [0.3, 0.4) is 0 Å². The van der Waals surface area contributed by atoms with E-state index in [4.69, 9.17) is 4.74 Å². The van der Waals surface area contributed by atoms with E-state index in [2.05, 4.69) is 10.6 Å². The molecule has 2 fully saturated rings. The Morgan fingerprint density at radius 2 is 1.88 bits per heavy atom. The number of likely N-dealkylation sites (tertiary alicyclic amines) is 1. The van der Waals surface area contributed by atoms with Crippen LogP contribution in [0, 0.1) is 0 Å². The quantitative estimate of drug-likeness (QED) is 0.732. The first-order valence-corrected chi connectivity index (χ1v) is 9.37. The van der Waals surface area contributed by atoms with Gasteiger partial charge in [0.1, 0.15) is 17.7 Å². The molecular weight excluding hydrogens is 322 g/mol. The van der Waals surface area contributed by atoms with Crippen LogP contribution >= 0.6 is 0 Å². The number of hydrogen-bond donors (Lipinski definition) is 2. The van der Waals surface area contributed by atoms with Gasteiger partial charge in [0.2, 0.25) is 11.8 Å². The molecule has 2 aliphatic rings. The molecule has 25 heavy (non-hydrogen) atoms. The fourth-order valence-corrected chi connectivity index (χ4v) is 2.86. The molecule has 2 N–H and O–H groups in total. The van der Waals surface area contributed by atoms with E-state index in [-0.39, 0.29) is 17.9 Å². The number of rotatable bonds is 7. The molecule has 142 valence electrons. The summed E-state index contributed by atoms with van der Waals surface area (Å²) in [5.41, 5.74) is -0.578. The van der Waals surface area contributed by atoms with Gasteiger partial charge in [0, 0.05) is 12.6 Å². The van der Waals surface area contributed by atoms with Crippen molar-refractivity contribution in [3.63, 3.8) is 0 Å². The minimum atomic E-state index is -0.672. The normalized spacial score (nSPS) is 21.6. The fourth-order valence-electron chi connectivity index (χ4n) is 2.86. The third-order valence-electron chi connectivity index (χ3n) is 4.98. The number of carbonyl (C=O) groups is 3. The van der Waals surface area contributed by atoms with Crippen molar-refractivity contribution in [2.45, 2.75) is 89.9 Å². The van der Waals surface area contributed by atoms with Crippen molar-refractivity contribution >= 4 is 17.9 Å². The second-order valence-corrected chi connectivity index (χ2v) is 7.58. The summed E-state index contributed by atoms with van der Waals surface area (Å²) in [6.45, 7) is 7.98. The topological polar surface area (TPSA) is 87.7 Å². The van der Waals surface area contributed by atoms with Crippen LogP contribution in [-0.2, 0) is 14.3 Å². The summed E-state index contributed by atoms with van der Waals surface area (Å²) in [6.07, 6.45) is 4.06. The highest BCUT2D eigenvalue weighted by atomic mass is 16.6. The highest BCUT2D eigenvalue weighted by Gasteiger charge is 2.39. The average Bonchev–Trinajstić information content (AvgIpc) is 3.23. The van der Waals surface area contributed by atoms with Crippen molar-refractivity contribution in [1.82, 2.24) is 15.5 Å². The molecule has 1 heterocycles. The van der Waals surface area contributed by atoms with Crippen molar-refractivity contribution in [2.75, 3.05) is 6.54 Å². The summed E-state index contributed by atoms with van der Waals surface area (Å²) in [5.74, 6) is -0.278. The first-order chi connectivity index (χ1) is 11.8. The lowest BCUT2D eigenvalue weighted by atomic mass is 10.1. The minimum absolute atomic E-state index is 0.0714. The van der Waals surface area contributed by atoms with Gasteiger partial charge in [-0.25, -0.2) is 4.79 Å². The van der Waals surface area contributed by atoms with Crippen molar-refractivity contribution < 1.29 is 19.1 Å². The molecule has 2 rings (SSSR count). The van der Waals surface area contributed by atoms with Gasteiger partial charge in [0.05, 0.1) is 0 Å². The molecule has 1 aliphatic heterocycles. The van der Waals surface area contributed by atoms with Gasteiger partial charge in [-0.2, -0.15) is 0 Å². The van der Waals surface area contributed by atoms with Crippen LogP contribution in [0.5, 0.6) is 0 Å². The van der Waals surface area contributed by atoms with E-state index < -0.39 is 23.8 Å². The lowest BCUT2D eigenvalue weighted by Crippen LogP contribution is -2.54. The Morgan fingerprint density at radius 3 is 2.44 bits per heavy atom. The van der Waals surface area contributed by atoms with Crippen LogP contribution in [0.1, 0.15) is 66.2 Å². The van der Waals surface area contributed by atoms with Gasteiger partial charge in [-0.05, 0) is 52.4 Å². The predicted octanol–water partition coefficient (Wildman–Crippen LogP) is 1.95. The van der Waals surface area contributed by atoms with Crippen molar-refractivity contribution in [1.29, 1.82) is 0 Å². The van der Waals surface area contributed by atoms with Crippen molar-refractivity contribution in [3.8, 4) is 0 Å². The van der Waals surface area contributed by atoms with E-state index in [1.54, 1.807) is 4.90 Å². The van der Waals surface area contributed by atoms with Gasteiger partial charge < -0.3 is 20.3 Å². The summed E-state index contributed by atoms with van der Waals surface area (Å²) < 4.78 is 5.37. The summed E-state index contributed by atoms with van der Waals surface area (Å²) in [5, 5.41) is 5.63. The predicted molar refractivity (Wildman–Crippen MR) is 94.0 cm³/mol. The van der Waals surface area contributed by atoms with Gasteiger partial charge in [-0.1, -0.05) is 13.8 Å². The molecule has 3 amide bonds. The third-order valence-corrected chi connectivity index (χ3v) is 4.98. The number of carbonyl (C=O) groups excluding carboxylic acids is 3. The number of ether oxygens (including phenoxy) is 1. The molecule has 1 aliphatic carbocycles. The molecule has 7 nitrogen and oxygen atoms in total. The maximum absolute atomic E-state index is 12.8. The first kappa shape index (κ1) is 19.5. The third kappa shape index (κ3) is 5.34. The Morgan fingerprint density at radius 1 is 1.20 bits per heavy atom. The summed E-state index contributed by atoms with van der Waals surface area (Å²) >= 11 is 0. The molecule has 1 saturated heterocycles. The zero-order valence-corrected chi connectivity index (χ0v) is 15.8. The second kappa shape index (κ2) is 8.06. The van der Waals surface area contributed by atoms with Crippen LogP contribution in [0.2, 0.25) is 0 Å². The van der Waals surface area contributed by atoms with E-state index in [1.165, 1.54) is 0 Å². The molecule has 0 bridgehead atoms. The Labute approximate surface area is 149 Å². The second-order valence-electron chi connectivity index (χ2n) is 7.58. The molecule has 0 aromatic carbocycles. The lowest BCUT2D eigenvalue weighted by molar-refractivity contribution is -0.140. The maximum Gasteiger partial charge on any atom is 0.408 e.